The van der Waals surface area contributed by atoms with Crippen molar-refractivity contribution in [2.45, 2.75) is 57.8 Å². The van der Waals surface area contributed by atoms with E-state index in [0.717, 1.165) is 30.6 Å². The Morgan fingerprint density at radius 2 is 1.57 bits per heavy atom. The first-order valence-electron chi connectivity index (χ1n) is 11.9. The average molecular weight is 483 g/mol. The largest absolute Gasteiger partial charge is 0.497 e. The number of Topliss-reactive ketones (excluding diaryl/α,β-unsaturated/α-hetero) is 1. The number of methoxy groups -OCH3 is 1. The van der Waals surface area contributed by atoms with E-state index in [9.17, 15) is 14.4 Å². The molecule has 35 heavy (non-hydrogen) atoms. The van der Waals surface area contributed by atoms with Crippen LogP contribution in [0.2, 0.25) is 0 Å². The lowest BCUT2D eigenvalue weighted by Crippen LogP contribution is -2.10. The van der Waals surface area contributed by atoms with Crippen molar-refractivity contribution in [3.63, 3.8) is 0 Å². The molecule has 7 nitrogen and oxygen atoms in total. The van der Waals surface area contributed by atoms with Gasteiger partial charge in [-0.15, -0.1) is 0 Å². The van der Waals surface area contributed by atoms with Gasteiger partial charge in [-0.2, -0.15) is 0 Å². The summed E-state index contributed by atoms with van der Waals surface area (Å²) in [5.74, 6) is -0.582. The third-order valence-corrected chi connectivity index (χ3v) is 5.52. The number of carboxylic acid groups (broad SMARTS) is 2. The molecule has 0 bridgehead atoms. The first-order valence-corrected chi connectivity index (χ1v) is 11.9. The highest BCUT2D eigenvalue weighted by Crippen LogP contribution is 2.26. The van der Waals surface area contributed by atoms with Crippen molar-refractivity contribution in [2.24, 2.45) is 0 Å². The van der Waals surface area contributed by atoms with Gasteiger partial charge in [-0.1, -0.05) is 36.4 Å². The second-order valence-corrected chi connectivity index (χ2v) is 8.22. The van der Waals surface area contributed by atoms with Crippen LogP contribution in [0.3, 0.4) is 0 Å². The fraction of sp³-hybridized carbons (Fsp3) is 0.393. The molecule has 2 aromatic carbocycles. The number of carboxylic acids is 2. The zero-order valence-corrected chi connectivity index (χ0v) is 20.2. The summed E-state index contributed by atoms with van der Waals surface area (Å²) in [6.45, 7) is 0.465. The zero-order chi connectivity index (χ0) is 25.5. The predicted octanol–water partition coefficient (Wildman–Crippen LogP) is 5.80. The number of ketones is 1. The van der Waals surface area contributed by atoms with E-state index in [1.54, 1.807) is 25.3 Å². The molecule has 2 aromatic rings. The molecule has 0 fully saturated rings. The maximum Gasteiger partial charge on any atom is 0.303 e. The van der Waals surface area contributed by atoms with Crippen molar-refractivity contribution in [3.05, 3.63) is 65.2 Å². The molecule has 2 rings (SSSR count). The van der Waals surface area contributed by atoms with Crippen LogP contribution in [0.5, 0.6) is 11.5 Å². The van der Waals surface area contributed by atoms with E-state index >= 15 is 0 Å². The number of carbonyl (C=O) groups excluding carboxylic acids is 1. The van der Waals surface area contributed by atoms with Gasteiger partial charge >= 0.3 is 11.9 Å². The van der Waals surface area contributed by atoms with E-state index in [0.29, 0.717) is 36.3 Å². The van der Waals surface area contributed by atoms with Crippen LogP contribution in [0.25, 0.3) is 6.08 Å². The monoisotopic (exact) mass is 482 g/mol. The van der Waals surface area contributed by atoms with Gasteiger partial charge in [0.1, 0.15) is 11.5 Å². The number of hydrogen-bond donors (Lipinski definition) is 2. The normalized spacial score (nSPS) is 10.9. The van der Waals surface area contributed by atoms with Gasteiger partial charge in [0, 0.05) is 30.4 Å². The Hall–Kier alpha value is -3.61. The number of aliphatic carboxylic acids is 2. The van der Waals surface area contributed by atoms with Crippen LogP contribution in [-0.4, -0.2) is 41.7 Å². The predicted molar refractivity (Wildman–Crippen MR) is 134 cm³/mol. The third-order valence-electron chi connectivity index (χ3n) is 5.52. The first kappa shape index (κ1) is 27.6. The molecular formula is C28H34O7. The van der Waals surface area contributed by atoms with Crippen LogP contribution in [0.1, 0.15) is 72.9 Å². The SMILES string of the molecule is COc1ccc(C=CCCCCOc2cccc(C(=O)CCCCC(=O)O)c2CCC(=O)O)cc1. The fourth-order valence-electron chi connectivity index (χ4n) is 3.63. The molecule has 2 N–H and O–H groups in total. The number of ether oxygens (including phenoxy) is 2. The van der Waals surface area contributed by atoms with Gasteiger partial charge in [0.05, 0.1) is 13.7 Å². The molecule has 7 heteroatoms. The molecule has 188 valence electrons. The van der Waals surface area contributed by atoms with Gasteiger partial charge in [-0.05, 0) is 62.3 Å². The van der Waals surface area contributed by atoms with Gasteiger partial charge < -0.3 is 19.7 Å². The number of hydrogen-bond acceptors (Lipinski definition) is 5. The van der Waals surface area contributed by atoms with Crippen LogP contribution in [-0.2, 0) is 16.0 Å². The van der Waals surface area contributed by atoms with E-state index in [1.807, 2.05) is 24.3 Å². The van der Waals surface area contributed by atoms with Crippen molar-refractivity contribution in [1.29, 1.82) is 0 Å². The van der Waals surface area contributed by atoms with E-state index in [-0.39, 0.29) is 31.5 Å². The molecule has 0 aliphatic rings. The standard InChI is InChI=1S/C28H34O7/c1-34-22-16-14-21(15-17-22)9-4-2-3-7-20-35-26-12-8-10-23(24(26)18-19-28(32)33)25(29)11-5-6-13-27(30)31/h4,8-10,12,14-17H,2-3,5-7,11,13,18-20H2,1H3,(H,30,31)(H,32,33). The Kier molecular flexibility index (Phi) is 12.1. The molecule has 0 saturated carbocycles. The molecule has 0 amide bonds. The second kappa shape index (κ2) is 15.3. The molecule has 0 saturated heterocycles. The van der Waals surface area contributed by atoms with Crippen LogP contribution < -0.4 is 9.47 Å². The second-order valence-electron chi connectivity index (χ2n) is 8.22. The van der Waals surface area contributed by atoms with Crippen LogP contribution >= 0.6 is 0 Å². The number of rotatable bonds is 17. The number of allylic oxidation sites excluding steroid dienone is 1. The molecule has 0 aliphatic carbocycles. The number of benzene rings is 2. The molecule has 0 aromatic heterocycles. The Bertz CT molecular complexity index is 993. The average Bonchev–Trinajstić information content (AvgIpc) is 2.85. The van der Waals surface area contributed by atoms with Crippen LogP contribution in [0.15, 0.2) is 48.5 Å². The Balaban J connectivity index is 1.88. The van der Waals surface area contributed by atoms with Crippen LogP contribution in [0, 0.1) is 0 Å². The van der Waals surface area contributed by atoms with Crippen molar-refractivity contribution >= 4 is 23.8 Å². The third kappa shape index (κ3) is 10.5. The fourth-order valence-corrected chi connectivity index (χ4v) is 3.63. The van der Waals surface area contributed by atoms with Gasteiger partial charge in [-0.25, -0.2) is 0 Å². The highest BCUT2D eigenvalue weighted by Gasteiger charge is 2.17. The van der Waals surface area contributed by atoms with Gasteiger partial charge in [0.15, 0.2) is 5.78 Å². The summed E-state index contributed by atoms with van der Waals surface area (Å²) >= 11 is 0. The summed E-state index contributed by atoms with van der Waals surface area (Å²) in [5, 5.41) is 17.9. The first-order chi connectivity index (χ1) is 16.9. The van der Waals surface area contributed by atoms with E-state index < -0.39 is 11.9 Å². The highest BCUT2D eigenvalue weighted by molar-refractivity contribution is 5.98. The van der Waals surface area contributed by atoms with Crippen molar-refractivity contribution in [1.82, 2.24) is 0 Å². The lowest BCUT2D eigenvalue weighted by atomic mass is 9.95. The van der Waals surface area contributed by atoms with E-state index in [2.05, 4.69) is 12.2 Å². The number of unbranched alkanes of at least 4 members (excludes halogenated alkanes) is 3. The number of carbonyl (C=O) groups is 3. The Labute approximate surface area is 206 Å². The topological polar surface area (TPSA) is 110 Å². The van der Waals surface area contributed by atoms with Crippen molar-refractivity contribution < 1.29 is 34.1 Å². The summed E-state index contributed by atoms with van der Waals surface area (Å²) in [6.07, 6.45) is 8.07. The summed E-state index contributed by atoms with van der Waals surface area (Å²) in [6, 6.07) is 13.0. The van der Waals surface area contributed by atoms with E-state index in [4.69, 9.17) is 19.7 Å². The maximum atomic E-state index is 12.7. The van der Waals surface area contributed by atoms with Gasteiger partial charge in [0.2, 0.25) is 0 Å². The summed E-state index contributed by atoms with van der Waals surface area (Å²) < 4.78 is 11.1. The minimum absolute atomic E-state index is 0.0254. The molecule has 0 spiro atoms. The summed E-state index contributed by atoms with van der Waals surface area (Å²) in [4.78, 5) is 34.6. The minimum atomic E-state index is -0.941. The molecule has 0 atom stereocenters. The lowest BCUT2D eigenvalue weighted by Gasteiger charge is -2.15. The molecular weight excluding hydrogens is 448 g/mol. The molecule has 0 aliphatic heterocycles. The van der Waals surface area contributed by atoms with Crippen molar-refractivity contribution in [2.75, 3.05) is 13.7 Å². The van der Waals surface area contributed by atoms with Crippen molar-refractivity contribution in [3.8, 4) is 11.5 Å². The molecule has 0 heterocycles. The summed E-state index contributed by atoms with van der Waals surface area (Å²) in [5.41, 5.74) is 2.17. The summed E-state index contributed by atoms with van der Waals surface area (Å²) in [7, 11) is 1.64. The molecule has 0 radical (unpaired) electrons. The Morgan fingerprint density at radius 3 is 2.26 bits per heavy atom. The minimum Gasteiger partial charge on any atom is -0.497 e. The maximum absolute atomic E-state index is 12.7. The zero-order valence-electron chi connectivity index (χ0n) is 20.2. The quantitative estimate of drug-likeness (QED) is 0.216. The molecule has 0 unspecified atom stereocenters. The lowest BCUT2D eigenvalue weighted by molar-refractivity contribution is -0.138. The smallest absolute Gasteiger partial charge is 0.303 e. The highest BCUT2D eigenvalue weighted by atomic mass is 16.5. The van der Waals surface area contributed by atoms with Gasteiger partial charge in [0.25, 0.3) is 0 Å². The Morgan fingerprint density at radius 1 is 0.857 bits per heavy atom. The van der Waals surface area contributed by atoms with Crippen LogP contribution in [0.4, 0.5) is 0 Å². The van der Waals surface area contributed by atoms with E-state index in [1.165, 1.54) is 0 Å². The van der Waals surface area contributed by atoms with Gasteiger partial charge in [-0.3, -0.25) is 14.4 Å².